The van der Waals surface area contributed by atoms with Crippen molar-refractivity contribution in [3.63, 3.8) is 0 Å². The SMILES string of the molecule is O=C1CCCN1c1ccc(CNS(=O)(=O)N2CCCCCC2)cc1. The third-order valence-corrected chi connectivity index (χ3v) is 6.24. The van der Waals surface area contributed by atoms with Crippen LogP contribution in [0.25, 0.3) is 0 Å². The quantitative estimate of drug-likeness (QED) is 0.882. The molecular weight excluding hydrogens is 326 g/mol. The molecule has 0 aliphatic carbocycles. The molecule has 1 amide bonds. The molecule has 0 unspecified atom stereocenters. The zero-order valence-corrected chi connectivity index (χ0v) is 14.7. The van der Waals surface area contributed by atoms with Gasteiger partial charge in [-0.1, -0.05) is 25.0 Å². The first-order valence-corrected chi connectivity index (χ1v) is 10.1. The lowest BCUT2D eigenvalue weighted by Crippen LogP contribution is -2.40. The molecule has 6 nitrogen and oxygen atoms in total. The average Bonchev–Trinajstić information content (AvgIpc) is 2.84. The van der Waals surface area contributed by atoms with E-state index in [1.54, 1.807) is 9.21 Å². The molecule has 0 spiro atoms. The average molecular weight is 351 g/mol. The van der Waals surface area contributed by atoms with Gasteiger partial charge in [-0.25, -0.2) is 0 Å². The molecule has 132 valence electrons. The summed E-state index contributed by atoms with van der Waals surface area (Å²) in [4.78, 5) is 13.5. The summed E-state index contributed by atoms with van der Waals surface area (Å²) in [5, 5.41) is 0. The molecule has 0 saturated carbocycles. The van der Waals surface area contributed by atoms with Crippen LogP contribution in [-0.4, -0.2) is 38.3 Å². The van der Waals surface area contributed by atoms with Gasteiger partial charge < -0.3 is 4.90 Å². The molecule has 0 aromatic heterocycles. The van der Waals surface area contributed by atoms with E-state index >= 15 is 0 Å². The minimum atomic E-state index is -3.42. The second-order valence-electron chi connectivity index (χ2n) is 6.45. The lowest BCUT2D eigenvalue weighted by molar-refractivity contribution is -0.117. The topological polar surface area (TPSA) is 69.7 Å². The van der Waals surface area contributed by atoms with Crippen LogP contribution in [0.5, 0.6) is 0 Å². The maximum atomic E-state index is 12.4. The van der Waals surface area contributed by atoms with Crippen LogP contribution in [0.1, 0.15) is 44.1 Å². The Kier molecular flexibility index (Phi) is 5.53. The Morgan fingerprint density at radius 1 is 0.917 bits per heavy atom. The molecule has 2 aliphatic heterocycles. The van der Waals surface area contributed by atoms with Gasteiger partial charge in [-0.2, -0.15) is 17.4 Å². The molecule has 24 heavy (non-hydrogen) atoms. The van der Waals surface area contributed by atoms with Crippen LogP contribution < -0.4 is 9.62 Å². The first-order valence-electron chi connectivity index (χ1n) is 8.70. The molecule has 2 saturated heterocycles. The highest BCUT2D eigenvalue weighted by molar-refractivity contribution is 7.87. The second kappa shape index (κ2) is 7.63. The van der Waals surface area contributed by atoms with Crippen molar-refractivity contribution in [3.8, 4) is 0 Å². The van der Waals surface area contributed by atoms with E-state index < -0.39 is 10.2 Å². The van der Waals surface area contributed by atoms with Crippen molar-refractivity contribution < 1.29 is 13.2 Å². The Balaban J connectivity index is 1.58. The number of carbonyl (C=O) groups excluding carboxylic acids is 1. The minimum Gasteiger partial charge on any atom is -0.312 e. The van der Waals surface area contributed by atoms with E-state index in [0.29, 0.717) is 19.5 Å². The molecule has 3 rings (SSSR count). The predicted molar refractivity (Wildman–Crippen MR) is 93.8 cm³/mol. The Hall–Kier alpha value is -1.44. The third-order valence-electron chi connectivity index (χ3n) is 4.69. The summed E-state index contributed by atoms with van der Waals surface area (Å²) in [7, 11) is -3.42. The molecule has 2 heterocycles. The maximum Gasteiger partial charge on any atom is 0.279 e. The normalized spacial score (nSPS) is 20.3. The maximum absolute atomic E-state index is 12.4. The molecule has 2 fully saturated rings. The lowest BCUT2D eigenvalue weighted by atomic mass is 10.2. The van der Waals surface area contributed by atoms with Crippen LogP contribution >= 0.6 is 0 Å². The number of anilines is 1. The Morgan fingerprint density at radius 2 is 1.58 bits per heavy atom. The molecular formula is C17H25N3O3S. The van der Waals surface area contributed by atoms with Crippen molar-refractivity contribution in [1.29, 1.82) is 0 Å². The van der Waals surface area contributed by atoms with E-state index in [9.17, 15) is 13.2 Å². The molecule has 1 N–H and O–H groups in total. The van der Waals surface area contributed by atoms with Crippen molar-refractivity contribution in [2.75, 3.05) is 24.5 Å². The van der Waals surface area contributed by atoms with Gasteiger partial charge in [-0.3, -0.25) is 4.79 Å². The largest absolute Gasteiger partial charge is 0.312 e. The van der Waals surface area contributed by atoms with Gasteiger partial charge in [-0.15, -0.1) is 0 Å². The standard InChI is InChI=1S/C17H25N3O3S/c21-17-6-5-13-20(17)16-9-7-15(8-10-16)14-18-24(22,23)19-11-3-1-2-4-12-19/h7-10,18H,1-6,11-14H2. The zero-order valence-electron chi connectivity index (χ0n) is 13.9. The van der Waals surface area contributed by atoms with Crippen molar-refractivity contribution in [2.24, 2.45) is 0 Å². The van der Waals surface area contributed by atoms with E-state index in [0.717, 1.165) is 49.9 Å². The minimum absolute atomic E-state index is 0.157. The van der Waals surface area contributed by atoms with Gasteiger partial charge >= 0.3 is 0 Å². The summed E-state index contributed by atoms with van der Waals surface area (Å²) in [6, 6.07) is 7.54. The van der Waals surface area contributed by atoms with Crippen LogP contribution in [0.15, 0.2) is 24.3 Å². The van der Waals surface area contributed by atoms with Gasteiger partial charge in [0, 0.05) is 38.3 Å². The zero-order chi connectivity index (χ0) is 17.0. The van der Waals surface area contributed by atoms with E-state index in [-0.39, 0.29) is 12.5 Å². The number of rotatable bonds is 5. The summed E-state index contributed by atoms with van der Waals surface area (Å²) in [5.41, 5.74) is 1.78. The fourth-order valence-corrected chi connectivity index (χ4v) is 4.53. The molecule has 0 atom stereocenters. The number of amides is 1. The molecule has 7 heteroatoms. The highest BCUT2D eigenvalue weighted by atomic mass is 32.2. The van der Waals surface area contributed by atoms with Gasteiger partial charge in [0.15, 0.2) is 0 Å². The molecule has 1 aromatic carbocycles. The fraction of sp³-hybridized carbons (Fsp3) is 0.588. The van der Waals surface area contributed by atoms with E-state index in [1.165, 1.54) is 0 Å². The number of carbonyl (C=O) groups is 1. The van der Waals surface area contributed by atoms with Crippen molar-refractivity contribution in [3.05, 3.63) is 29.8 Å². The Labute approximate surface area is 144 Å². The third kappa shape index (κ3) is 4.15. The van der Waals surface area contributed by atoms with Gasteiger partial charge in [-0.05, 0) is 37.0 Å². The Bertz CT molecular complexity index is 665. The van der Waals surface area contributed by atoms with Crippen LogP contribution in [-0.2, 0) is 21.5 Å². The van der Waals surface area contributed by atoms with E-state index in [2.05, 4.69) is 4.72 Å². The van der Waals surface area contributed by atoms with Gasteiger partial charge in [0.1, 0.15) is 0 Å². The Morgan fingerprint density at radius 3 is 2.17 bits per heavy atom. The molecule has 2 aliphatic rings. The molecule has 0 bridgehead atoms. The van der Waals surface area contributed by atoms with Crippen LogP contribution in [0, 0.1) is 0 Å². The number of nitrogens with zero attached hydrogens (tertiary/aromatic N) is 2. The monoisotopic (exact) mass is 351 g/mol. The smallest absolute Gasteiger partial charge is 0.279 e. The first-order chi connectivity index (χ1) is 11.6. The molecule has 1 aromatic rings. The predicted octanol–water partition coefficient (Wildman–Crippen LogP) is 2.02. The van der Waals surface area contributed by atoms with Gasteiger partial charge in [0.25, 0.3) is 10.2 Å². The van der Waals surface area contributed by atoms with Gasteiger partial charge in [0.05, 0.1) is 0 Å². The summed E-state index contributed by atoms with van der Waals surface area (Å²) in [5.74, 6) is 0.157. The summed E-state index contributed by atoms with van der Waals surface area (Å²) < 4.78 is 29.0. The highest BCUT2D eigenvalue weighted by Crippen LogP contribution is 2.21. The van der Waals surface area contributed by atoms with E-state index in [4.69, 9.17) is 0 Å². The summed E-state index contributed by atoms with van der Waals surface area (Å²) in [6.07, 6.45) is 5.57. The van der Waals surface area contributed by atoms with Crippen molar-refractivity contribution in [1.82, 2.24) is 9.03 Å². The van der Waals surface area contributed by atoms with Crippen LogP contribution in [0.2, 0.25) is 0 Å². The second-order valence-corrected chi connectivity index (χ2v) is 8.21. The van der Waals surface area contributed by atoms with Crippen molar-refractivity contribution in [2.45, 2.75) is 45.1 Å². The van der Waals surface area contributed by atoms with Crippen LogP contribution in [0.4, 0.5) is 5.69 Å². The van der Waals surface area contributed by atoms with Crippen molar-refractivity contribution >= 4 is 21.8 Å². The summed E-state index contributed by atoms with van der Waals surface area (Å²) in [6.45, 7) is 2.24. The highest BCUT2D eigenvalue weighted by Gasteiger charge is 2.23. The number of nitrogens with one attached hydrogen (secondary N) is 1. The number of hydrogen-bond acceptors (Lipinski definition) is 3. The fourth-order valence-electron chi connectivity index (χ4n) is 3.26. The number of benzene rings is 1. The lowest BCUT2D eigenvalue weighted by Gasteiger charge is -2.20. The first kappa shape index (κ1) is 17.4. The van der Waals surface area contributed by atoms with Crippen LogP contribution in [0.3, 0.4) is 0 Å². The van der Waals surface area contributed by atoms with E-state index in [1.807, 2.05) is 24.3 Å². The summed E-state index contributed by atoms with van der Waals surface area (Å²) >= 11 is 0. The van der Waals surface area contributed by atoms with Gasteiger partial charge in [0.2, 0.25) is 5.91 Å². The number of hydrogen-bond donors (Lipinski definition) is 1. The molecule has 0 radical (unpaired) electrons.